The van der Waals surface area contributed by atoms with Crippen LogP contribution in [0, 0.1) is 5.21 Å². The van der Waals surface area contributed by atoms with Gasteiger partial charge in [-0.2, -0.15) is 18.6 Å². The molecule has 0 aliphatic carbocycles. The molecule has 1 aromatic heterocycles. The number of halogens is 3. The Labute approximate surface area is 137 Å². The lowest BCUT2D eigenvalue weighted by molar-refractivity contribution is -0.626. The fourth-order valence-electron chi connectivity index (χ4n) is 2.32. The van der Waals surface area contributed by atoms with Crippen molar-refractivity contribution in [2.45, 2.75) is 45.0 Å². The second-order valence-electron chi connectivity index (χ2n) is 6.55. The maximum absolute atomic E-state index is 13.0. The predicted molar refractivity (Wildman–Crippen MR) is 79.9 cm³/mol. The van der Waals surface area contributed by atoms with E-state index < -0.39 is 23.5 Å². The van der Waals surface area contributed by atoms with E-state index >= 15 is 0 Å². The molecule has 0 amide bonds. The lowest BCUT2D eigenvalue weighted by Crippen LogP contribution is -2.40. The summed E-state index contributed by atoms with van der Waals surface area (Å²) in [6, 6.07) is 2.83. The van der Waals surface area contributed by atoms with Crippen molar-refractivity contribution in [3.8, 4) is 0 Å². The Bertz CT molecular complexity index is 601. The molecule has 134 valence electrons. The summed E-state index contributed by atoms with van der Waals surface area (Å²) in [6.07, 6.45) is -3.43. The van der Waals surface area contributed by atoms with E-state index in [1.165, 1.54) is 17.0 Å². The van der Waals surface area contributed by atoms with Crippen LogP contribution >= 0.6 is 0 Å². The summed E-state index contributed by atoms with van der Waals surface area (Å²) >= 11 is 0. The maximum Gasteiger partial charge on any atom is 0.435 e. The first-order valence-corrected chi connectivity index (χ1v) is 7.45. The summed E-state index contributed by atoms with van der Waals surface area (Å²) in [6.45, 7) is 5.91. The average Bonchev–Trinajstić information content (AvgIpc) is 2.91. The van der Waals surface area contributed by atoms with E-state index in [2.05, 4.69) is 15.7 Å². The topological polar surface area (TPSA) is 75.8 Å². The Hall–Kier alpha value is -2.26. The number of nitrogens with zero attached hydrogens (tertiary/aromatic N) is 4. The number of anilines is 1. The minimum absolute atomic E-state index is 0.00268. The lowest BCUT2D eigenvalue weighted by Gasteiger charge is -2.21. The van der Waals surface area contributed by atoms with Gasteiger partial charge in [0.05, 0.1) is 22.7 Å². The highest BCUT2D eigenvalue weighted by Crippen LogP contribution is 2.36. The molecular formula is C14H20F3N5O2. The van der Waals surface area contributed by atoms with Gasteiger partial charge in [0.2, 0.25) is 5.28 Å². The molecular weight excluding hydrogens is 327 g/mol. The summed E-state index contributed by atoms with van der Waals surface area (Å²) in [4.78, 5) is 10.3. The second kappa shape index (κ2) is 6.70. The zero-order valence-corrected chi connectivity index (χ0v) is 13.7. The molecule has 1 atom stereocenters. The van der Waals surface area contributed by atoms with Gasteiger partial charge in [-0.05, 0) is 32.9 Å². The molecule has 0 aromatic carbocycles. The van der Waals surface area contributed by atoms with Crippen molar-refractivity contribution in [1.29, 1.82) is 0 Å². The first kappa shape index (κ1) is 18.1. The third-order valence-corrected chi connectivity index (χ3v) is 3.24. The zero-order valence-electron chi connectivity index (χ0n) is 13.7. The van der Waals surface area contributed by atoms with Crippen LogP contribution in [0.4, 0.5) is 18.9 Å². The second-order valence-corrected chi connectivity index (χ2v) is 6.55. The van der Waals surface area contributed by atoms with Crippen LogP contribution in [0.3, 0.4) is 0 Å². The van der Waals surface area contributed by atoms with Crippen LogP contribution in [-0.2, 0) is 11.0 Å². The number of nitrogens with one attached hydrogen (secondary N) is 1. The molecule has 1 N–H and O–H groups in total. The Kier molecular flexibility index (Phi) is 5.05. The van der Waals surface area contributed by atoms with E-state index in [0.29, 0.717) is 13.0 Å². The molecule has 1 aromatic rings. The maximum atomic E-state index is 13.0. The molecule has 0 saturated carbocycles. The van der Waals surface area contributed by atoms with E-state index in [9.17, 15) is 18.4 Å². The highest BCUT2D eigenvalue weighted by Gasteiger charge is 2.38. The summed E-state index contributed by atoms with van der Waals surface area (Å²) in [5.74, 6) is 0. The third kappa shape index (κ3) is 4.87. The fraction of sp³-hybridized carbons (Fsp3) is 0.643. The molecule has 7 nitrogen and oxygen atoms in total. The monoisotopic (exact) mass is 347 g/mol. The van der Waals surface area contributed by atoms with Crippen LogP contribution < -0.4 is 10.3 Å². The van der Waals surface area contributed by atoms with Crippen molar-refractivity contribution in [2.24, 2.45) is 5.28 Å². The molecule has 1 fully saturated rings. The van der Waals surface area contributed by atoms with E-state index in [4.69, 9.17) is 4.84 Å². The van der Waals surface area contributed by atoms with Gasteiger partial charge in [-0.25, -0.2) is 4.98 Å². The van der Waals surface area contributed by atoms with E-state index in [1.807, 2.05) is 0 Å². The van der Waals surface area contributed by atoms with Crippen LogP contribution in [-0.4, -0.2) is 34.7 Å². The largest absolute Gasteiger partial charge is 0.569 e. The van der Waals surface area contributed by atoms with Crippen LogP contribution in [0.15, 0.2) is 23.6 Å². The van der Waals surface area contributed by atoms with Gasteiger partial charge in [0.25, 0.3) is 0 Å². The van der Waals surface area contributed by atoms with Gasteiger partial charge in [0.15, 0.2) is 11.8 Å². The van der Waals surface area contributed by atoms with E-state index in [1.54, 1.807) is 20.8 Å². The number of rotatable bonds is 4. The number of alkyl halides is 3. The number of hydrazine groups is 1. The van der Waals surface area contributed by atoms with E-state index in [0.717, 1.165) is 6.20 Å². The number of pyridine rings is 1. The van der Waals surface area contributed by atoms with E-state index in [-0.39, 0.29) is 17.2 Å². The number of aromatic nitrogens is 1. The molecule has 2 heterocycles. The predicted octanol–water partition coefficient (Wildman–Crippen LogP) is 2.88. The highest BCUT2D eigenvalue weighted by molar-refractivity contribution is 5.52. The molecule has 10 heteroatoms. The van der Waals surface area contributed by atoms with Crippen molar-refractivity contribution in [3.05, 3.63) is 29.2 Å². The van der Waals surface area contributed by atoms with Crippen molar-refractivity contribution >= 4 is 5.69 Å². The fourth-order valence-corrected chi connectivity index (χ4v) is 2.32. The Balaban J connectivity index is 2.01. The Morgan fingerprint density at radius 3 is 2.75 bits per heavy atom. The third-order valence-electron chi connectivity index (χ3n) is 3.24. The minimum Gasteiger partial charge on any atom is -0.569 e. The minimum atomic E-state index is -4.53. The van der Waals surface area contributed by atoms with Gasteiger partial charge >= 0.3 is 6.18 Å². The molecule has 0 radical (unpaired) electrons. The number of hydrogen-bond donors (Lipinski definition) is 1. The standard InChI is InChI=1S/C14H20F3N5O2/c1-13(2,3)19-22(23)20-24-10-6-8-21(9-10)11-5-4-7-18-12(11)14(15,16)17/h4-5,7,10H,6,8-9H2,1-3H3,(H,19,20)/t10-/m1/s1. The molecule has 1 saturated heterocycles. The summed E-state index contributed by atoms with van der Waals surface area (Å²) < 4.78 is 39.0. The van der Waals surface area contributed by atoms with Crippen LogP contribution in [0.5, 0.6) is 0 Å². The van der Waals surface area contributed by atoms with Crippen LogP contribution in [0.1, 0.15) is 32.9 Å². The van der Waals surface area contributed by atoms with Gasteiger partial charge < -0.3 is 14.9 Å². The van der Waals surface area contributed by atoms with Crippen molar-refractivity contribution < 1.29 is 23.0 Å². The molecule has 24 heavy (non-hydrogen) atoms. The van der Waals surface area contributed by atoms with Gasteiger partial charge in [-0.3, -0.25) is 0 Å². The summed E-state index contributed by atoms with van der Waals surface area (Å²) in [7, 11) is 0. The van der Waals surface area contributed by atoms with Gasteiger partial charge in [0, 0.05) is 19.2 Å². The van der Waals surface area contributed by atoms with Crippen molar-refractivity contribution in [3.63, 3.8) is 0 Å². The smallest absolute Gasteiger partial charge is 0.435 e. The van der Waals surface area contributed by atoms with Gasteiger partial charge in [0.1, 0.15) is 0 Å². The quantitative estimate of drug-likeness (QED) is 0.515. The SMILES string of the molecule is CC(C)(C)N/[N+]([O-])=N/O[C@@H]1CCN(c2cccnc2C(F)(F)F)C1. The van der Waals surface area contributed by atoms with Crippen molar-refractivity contribution in [2.75, 3.05) is 18.0 Å². The lowest BCUT2D eigenvalue weighted by atomic mass is 10.1. The Morgan fingerprint density at radius 1 is 1.42 bits per heavy atom. The first-order chi connectivity index (χ1) is 11.1. The highest BCUT2D eigenvalue weighted by atomic mass is 19.4. The first-order valence-electron chi connectivity index (χ1n) is 7.45. The number of hydrogen-bond acceptors (Lipinski definition) is 5. The average molecular weight is 347 g/mol. The molecule has 2 rings (SSSR count). The molecule has 0 spiro atoms. The summed E-state index contributed by atoms with van der Waals surface area (Å²) in [5, 5.41) is 14.9. The molecule has 0 bridgehead atoms. The van der Waals surface area contributed by atoms with Gasteiger partial charge in [-0.15, -0.1) is 0 Å². The van der Waals surface area contributed by atoms with Crippen LogP contribution in [0.2, 0.25) is 0 Å². The molecule has 1 aliphatic rings. The van der Waals surface area contributed by atoms with Crippen LogP contribution in [0.25, 0.3) is 0 Å². The molecule has 0 unspecified atom stereocenters. The van der Waals surface area contributed by atoms with Gasteiger partial charge in [-0.1, -0.05) is 0 Å². The normalized spacial score (nSPS) is 19.5. The van der Waals surface area contributed by atoms with Crippen molar-refractivity contribution in [1.82, 2.24) is 10.4 Å². The zero-order chi connectivity index (χ0) is 18.0. The molecule has 1 aliphatic heterocycles. The summed E-state index contributed by atoms with van der Waals surface area (Å²) in [5.41, 5.74) is 1.12. The Morgan fingerprint density at radius 2 is 2.12 bits per heavy atom.